The molecule has 21 heavy (non-hydrogen) atoms. The summed E-state index contributed by atoms with van der Waals surface area (Å²) >= 11 is 2.76. The summed E-state index contributed by atoms with van der Waals surface area (Å²) in [4.78, 5) is 38.3. The van der Waals surface area contributed by atoms with Gasteiger partial charge < -0.3 is 5.11 Å². The van der Waals surface area contributed by atoms with E-state index in [0.29, 0.717) is 10.9 Å². The van der Waals surface area contributed by atoms with E-state index in [0.717, 1.165) is 15.8 Å². The number of thiophene rings is 1. The average Bonchev–Trinajstić information content (AvgIpc) is 2.87. The van der Waals surface area contributed by atoms with Gasteiger partial charge in [-0.3, -0.25) is 19.4 Å². The number of nitrogens with zero attached hydrogens (tertiary/aromatic N) is 2. The Hall–Kier alpha value is -2.13. The molecule has 0 aliphatic heterocycles. The molecule has 0 aliphatic rings. The fourth-order valence-corrected chi connectivity index (χ4v) is 3.32. The molecule has 2 aromatic rings. The first kappa shape index (κ1) is 15.3. The van der Waals surface area contributed by atoms with Gasteiger partial charge >= 0.3 is 17.1 Å². The lowest BCUT2D eigenvalue weighted by Gasteiger charge is -2.04. The number of aromatic amines is 1. The molecule has 0 fully saturated rings. The van der Waals surface area contributed by atoms with E-state index in [9.17, 15) is 14.4 Å². The zero-order chi connectivity index (χ0) is 15.4. The molecule has 0 amide bonds. The molecule has 0 bridgehead atoms. The van der Waals surface area contributed by atoms with E-state index in [-0.39, 0.29) is 0 Å². The van der Waals surface area contributed by atoms with Crippen LogP contribution in [0, 0.1) is 0 Å². The molecular weight excluding hydrogens is 314 g/mol. The molecule has 2 N–H and O–H groups in total. The summed E-state index contributed by atoms with van der Waals surface area (Å²) < 4.78 is 1.40. The molecule has 7 nitrogen and oxygen atoms in total. The maximum Gasteiger partial charge on any atom is 0.339 e. The molecule has 0 radical (unpaired) electrons. The Balaban J connectivity index is 2.07. The van der Waals surface area contributed by atoms with Crippen LogP contribution >= 0.6 is 23.1 Å². The third-order valence-corrected chi connectivity index (χ3v) is 4.68. The third kappa shape index (κ3) is 4.17. The summed E-state index contributed by atoms with van der Waals surface area (Å²) in [6.45, 7) is 0. The quantitative estimate of drug-likeness (QED) is 0.481. The summed E-state index contributed by atoms with van der Waals surface area (Å²) in [5.41, 5.74) is -1.56. The van der Waals surface area contributed by atoms with Gasteiger partial charge in [-0.2, -0.15) is 4.98 Å². The van der Waals surface area contributed by atoms with Crippen molar-refractivity contribution in [1.82, 2.24) is 14.8 Å². The first-order valence-corrected chi connectivity index (χ1v) is 7.56. The number of hydrogen-bond donors (Lipinski definition) is 2. The number of carboxylic acid groups (broad SMARTS) is 1. The van der Waals surface area contributed by atoms with Crippen LogP contribution in [0.2, 0.25) is 0 Å². The highest BCUT2D eigenvalue weighted by molar-refractivity contribution is 7.98. The molecule has 2 aromatic heterocycles. The summed E-state index contributed by atoms with van der Waals surface area (Å²) in [7, 11) is 1.60. The molecule has 0 saturated heterocycles. The Morgan fingerprint density at radius 1 is 1.52 bits per heavy atom. The van der Waals surface area contributed by atoms with Crippen LogP contribution in [0.4, 0.5) is 0 Å². The molecule has 0 saturated carbocycles. The molecular formula is C12H11N3O4S2. The van der Waals surface area contributed by atoms with Crippen molar-refractivity contribution in [3.05, 3.63) is 48.7 Å². The second kappa shape index (κ2) is 6.55. The van der Waals surface area contributed by atoms with Gasteiger partial charge in [0.05, 0.1) is 0 Å². The Bertz CT molecular complexity index is 803. The number of nitrogens with one attached hydrogen (secondary N) is 1. The zero-order valence-corrected chi connectivity index (χ0v) is 12.5. The molecule has 9 heteroatoms. The number of carbonyl (C=O) groups is 1. The number of H-pyrrole nitrogens is 1. The summed E-state index contributed by atoms with van der Waals surface area (Å²) in [6.07, 6.45) is 2.60. The minimum atomic E-state index is -0.994. The number of aliphatic carboxylic acids is 1. The number of carboxylic acids is 1. The van der Waals surface area contributed by atoms with Gasteiger partial charge in [0, 0.05) is 28.6 Å². The standard InChI is InChI=1S/C12H11N3O4S2/c1-15-12(13-10(18)11(19)14-15)20-6-8-3-2-7(21-8)4-5-9(16)17/h2-5H,6H2,1H3,(H,14,19)(H,16,17)/b5-4+. The van der Waals surface area contributed by atoms with Crippen LogP contribution in [0.3, 0.4) is 0 Å². The number of hydrogen-bond acceptors (Lipinski definition) is 6. The van der Waals surface area contributed by atoms with Crippen molar-refractivity contribution in [1.29, 1.82) is 0 Å². The summed E-state index contributed by atoms with van der Waals surface area (Å²) in [5, 5.41) is 11.3. The first-order chi connectivity index (χ1) is 9.95. The molecule has 2 heterocycles. The molecule has 0 spiro atoms. The van der Waals surface area contributed by atoms with Gasteiger partial charge in [-0.1, -0.05) is 11.8 Å². The molecule has 0 unspecified atom stereocenters. The minimum absolute atomic E-state index is 0.413. The maximum atomic E-state index is 11.2. The Morgan fingerprint density at radius 2 is 2.29 bits per heavy atom. The van der Waals surface area contributed by atoms with Crippen LogP contribution in [0.15, 0.2) is 33.0 Å². The predicted molar refractivity (Wildman–Crippen MR) is 80.6 cm³/mol. The van der Waals surface area contributed by atoms with Gasteiger partial charge in [0.2, 0.25) is 0 Å². The van der Waals surface area contributed by atoms with Gasteiger partial charge in [0.1, 0.15) is 0 Å². The van der Waals surface area contributed by atoms with Crippen molar-refractivity contribution >= 4 is 35.1 Å². The molecule has 0 aliphatic carbocycles. The van der Waals surface area contributed by atoms with E-state index in [1.807, 2.05) is 12.1 Å². The second-order valence-electron chi connectivity index (χ2n) is 3.96. The van der Waals surface area contributed by atoms with Crippen molar-refractivity contribution < 1.29 is 9.90 Å². The van der Waals surface area contributed by atoms with Gasteiger partial charge in [-0.25, -0.2) is 4.79 Å². The summed E-state index contributed by atoms with van der Waals surface area (Å²) in [5.74, 6) is -0.426. The SMILES string of the molecule is Cn1[nH]c(=O)c(=O)nc1SCc1ccc(/C=C/C(=O)O)s1. The van der Waals surface area contributed by atoms with Crippen molar-refractivity contribution in [2.24, 2.45) is 7.05 Å². The topological polar surface area (TPSA) is 105 Å². The number of aromatic nitrogens is 3. The lowest BCUT2D eigenvalue weighted by Crippen LogP contribution is -2.33. The highest BCUT2D eigenvalue weighted by atomic mass is 32.2. The normalized spacial score (nSPS) is 11.1. The number of rotatable bonds is 5. The van der Waals surface area contributed by atoms with E-state index in [2.05, 4.69) is 10.1 Å². The van der Waals surface area contributed by atoms with Crippen LogP contribution in [0.25, 0.3) is 6.08 Å². The van der Waals surface area contributed by atoms with Gasteiger partial charge in [0.25, 0.3) is 0 Å². The fourth-order valence-electron chi connectivity index (χ4n) is 1.44. The van der Waals surface area contributed by atoms with Crippen molar-refractivity contribution in [3.63, 3.8) is 0 Å². The first-order valence-electron chi connectivity index (χ1n) is 5.75. The average molecular weight is 325 g/mol. The Kier molecular flexibility index (Phi) is 4.76. The van der Waals surface area contributed by atoms with E-state index in [1.165, 1.54) is 33.9 Å². The molecule has 2 rings (SSSR count). The van der Waals surface area contributed by atoms with Crippen molar-refractivity contribution in [2.75, 3.05) is 0 Å². The lowest BCUT2D eigenvalue weighted by molar-refractivity contribution is -0.131. The highest BCUT2D eigenvalue weighted by Gasteiger charge is 2.06. The smallest absolute Gasteiger partial charge is 0.339 e. The van der Waals surface area contributed by atoms with Crippen LogP contribution < -0.4 is 11.1 Å². The van der Waals surface area contributed by atoms with E-state index in [4.69, 9.17) is 5.11 Å². The molecule has 0 aromatic carbocycles. The minimum Gasteiger partial charge on any atom is -0.478 e. The monoisotopic (exact) mass is 325 g/mol. The Morgan fingerprint density at radius 3 is 3.00 bits per heavy atom. The van der Waals surface area contributed by atoms with E-state index < -0.39 is 17.1 Å². The number of aryl methyl sites for hydroxylation is 1. The predicted octanol–water partition coefficient (Wildman–Crippen LogP) is 0.920. The fraction of sp³-hybridized carbons (Fsp3) is 0.167. The summed E-state index contributed by atoms with van der Waals surface area (Å²) in [6, 6.07) is 3.70. The second-order valence-corrected chi connectivity index (χ2v) is 6.11. The van der Waals surface area contributed by atoms with Crippen molar-refractivity contribution in [2.45, 2.75) is 10.9 Å². The molecule has 110 valence electrons. The van der Waals surface area contributed by atoms with Crippen LogP contribution in [0.5, 0.6) is 0 Å². The zero-order valence-electron chi connectivity index (χ0n) is 10.9. The lowest BCUT2D eigenvalue weighted by atomic mass is 10.4. The van der Waals surface area contributed by atoms with E-state index in [1.54, 1.807) is 7.05 Å². The highest BCUT2D eigenvalue weighted by Crippen LogP contribution is 2.25. The van der Waals surface area contributed by atoms with Gasteiger partial charge in [0.15, 0.2) is 5.16 Å². The van der Waals surface area contributed by atoms with Gasteiger partial charge in [-0.15, -0.1) is 11.3 Å². The number of thioether (sulfide) groups is 1. The molecule has 0 atom stereocenters. The Labute approximate surface area is 127 Å². The maximum absolute atomic E-state index is 11.2. The third-order valence-electron chi connectivity index (χ3n) is 2.36. The van der Waals surface area contributed by atoms with Crippen LogP contribution in [-0.2, 0) is 17.6 Å². The van der Waals surface area contributed by atoms with E-state index >= 15 is 0 Å². The van der Waals surface area contributed by atoms with Crippen molar-refractivity contribution in [3.8, 4) is 0 Å². The largest absolute Gasteiger partial charge is 0.478 e. The van der Waals surface area contributed by atoms with Gasteiger partial charge in [-0.05, 0) is 18.2 Å². The van der Waals surface area contributed by atoms with Crippen LogP contribution in [-0.4, -0.2) is 25.8 Å². The van der Waals surface area contributed by atoms with Crippen LogP contribution in [0.1, 0.15) is 9.75 Å².